The van der Waals surface area contributed by atoms with Gasteiger partial charge in [-0.3, -0.25) is 9.36 Å². The highest BCUT2D eigenvalue weighted by Gasteiger charge is 2.54. The molecule has 3 aromatic rings. The number of hydrogen-bond donors (Lipinski definition) is 1. The molecule has 0 amide bonds. The zero-order chi connectivity index (χ0) is 20.9. The van der Waals surface area contributed by atoms with Crippen LogP contribution in [0, 0.1) is 6.92 Å². The number of thiophene rings is 1. The highest BCUT2D eigenvalue weighted by atomic mass is 79.9. The van der Waals surface area contributed by atoms with Crippen LogP contribution in [0.2, 0.25) is 0 Å². The van der Waals surface area contributed by atoms with E-state index in [1.54, 1.807) is 18.3 Å². The molecule has 154 valence electrons. The number of aromatic nitrogens is 3. The third kappa shape index (κ3) is 3.42. The summed E-state index contributed by atoms with van der Waals surface area (Å²) in [6.45, 7) is 3.69. The lowest BCUT2D eigenvalue weighted by molar-refractivity contribution is 0.0650. The Morgan fingerprint density at radius 2 is 2.07 bits per heavy atom. The summed E-state index contributed by atoms with van der Waals surface area (Å²) in [5.41, 5.74) is -1.77. The molecule has 3 aromatic heterocycles. The summed E-state index contributed by atoms with van der Waals surface area (Å²) in [6, 6.07) is 3.87. The summed E-state index contributed by atoms with van der Waals surface area (Å²) in [4.78, 5) is 22.8. The predicted octanol–water partition coefficient (Wildman–Crippen LogP) is 4.86. The van der Waals surface area contributed by atoms with Gasteiger partial charge in [-0.25, -0.2) is 18.7 Å². The van der Waals surface area contributed by atoms with Gasteiger partial charge in [-0.15, -0.1) is 11.3 Å². The van der Waals surface area contributed by atoms with Gasteiger partial charge >= 0.3 is 0 Å². The lowest BCUT2D eigenvalue weighted by atomic mass is 10.2. The van der Waals surface area contributed by atoms with Gasteiger partial charge in [0.25, 0.3) is 12.0 Å². The molecule has 0 radical (unpaired) electrons. The summed E-state index contributed by atoms with van der Waals surface area (Å²) in [7, 11) is 1.35. The first-order valence-corrected chi connectivity index (χ1v) is 10.7. The van der Waals surface area contributed by atoms with Crippen LogP contribution in [0.5, 0.6) is 5.75 Å². The molecule has 6 nitrogen and oxygen atoms in total. The maximum atomic E-state index is 13.7. The Morgan fingerprint density at radius 1 is 1.34 bits per heavy atom. The van der Waals surface area contributed by atoms with Crippen LogP contribution in [0.15, 0.2) is 26.9 Å². The summed E-state index contributed by atoms with van der Waals surface area (Å²) in [5.74, 6) is 0.876. The van der Waals surface area contributed by atoms with Gasteiger partial charge < -0.3 is 10.1 Å². The van der Waals surface area contributed by atoms with Crippen LogP contribution in [-0.4, -0.2) is 28.1 Å². The molecule has 0 aliphatic heterocycles. The van der Waals surface area contributed by atoms with Crippen molar-refractivity contribution in [2.75, 3.05) is 12.4 Å². The molecule has 0 bridgehead atoms. The number of alkyl halides is 2. The highest BCUT2D eigenvalue weighted by molar-refractivity contribution is 9.11. The number of methoxy groups -OCH3 is 1. The number of aryl methyl sites for hydroxylation is 1. The van der Waals surface area contributed by atoms with E-state index in [1.165, 1.54) is 13.3 Å². The largest absolute Gasteiger partial charge is 0.490 e. The minimum absolute atomic E-state index is 0.0468. The number of nitrogens with one attached hydrogen (secondary N) is 1. The van der Waals surface area contributed by atoms with E-state index in [9.17, 15) is 13.6 Å². The Bertz CT molecular complexity index is 1140. The Labute approximate surface area is 178 Å². The van der Waals surface area contributed by atoms with Crippen molar-refractivity contribution in [1.29, 1.82) is 0 Å². The van der Waals surface area contributed by atoms with Gasteiger partial charge in [0.1, 0.15) is 22.7 Å². The van der Waals surface area contributed by atoms with Crippen molar-refractivity contribution >= 4 is 44.0 Å². The normalized spacial score (nSPS) is 16.2. The molecule has 0 unspecified atom stereocenters. The number of rotatable bonds is 6. The van der Waals surface area contributed by atoms with Crippen LogP contribution in [0.4, 0.5) is 14.6 Å². The van der Waals surface area contributed by atoms with E-state index in [0.717, 1.165) is 13.2 Å². The van der Waals surface area contributed by atoms with E-state index in [-0.39, 0.29) is 24.6 Å². The second-order valence-electron chi connectivity index (χ2n) is 7.13. The lowest BCUT2D eigenvalue weighted by Gasteiger charge is -2.21. The van der Waals surface area contributed by atoms with Gasteiger partial charge in [-0.05, 0) is 54.8 Å². The molecule has 10 heteroatoms. The van der Waals surface area contributed by atoms with Gasteiger partial charge in [0.2, 0.25) is 5.75 Å². The van der Waals surface area contributed by atoms with Crippen molar-refractivity contribution in [2.45, 2.75) is 44.7 Å². The molecule has 4 rings (SSSR count). The number of anilines is 1. The zero-order valence-corrected chi connectivity index (χ0v) is 18.4. The molecule has 1 saturated carbocycles. The van der Waals surface area contributed by atoms with Crippen molar-refractivity contribution in [3.05, 3.63) is 43.2 Å². The van der Waals surface area contributed by atoms with Crippen molar-refractivity contribution < 1.29 is 13.5 Å². The van der Waals surface area contributed by atoms with Crippen molar-refractivity contribution in [3.63, 3.8) is 0 Å². The zero-order valence-electron chi connectivity index (χ0n) is 16.0. The molecule has 1 atom stereocenters. The third-order valence-electron chi connectivity index (χ3n) is 5.17. The first-order valence-electron chi connectivity index (χ1n) is 9.05. The third-order valence-corrected chi connectivity index (χ3v) is 6.98. The second-order valence-corrected chi connectivity index (χ2v) is 9.63. The fourth-order valence-corrected chi connectivity index (χ4v) is 4.86. The van der Waals surface area contributed by atoms with Gasteiger partial charge in [0.05, 0.1) is 22.3 Å². The maximum Gasteiger partial charge on any atom is 0.295 e. The van der Waals surface area contributed by atoms with Crippen molar-refractivity contribution in [2.24, 2.45) is 0 Å². The molecule has 1 aliphatic carbocycles. The minimum atomic E-state index is -2.65. The Morgan fingerprint density at radius 3 is 2.62 bits per heavy atom. The fourth-order valence-electron chi connectivity index (χ4n) is 3.43. The lowest BCUT2D eigenvalue weighted by Crippen LogP contribution is -2.36. The van der Waals surface area contributed by atoms with Crippen LogP contribution < -0.4 is 15.6 Å². The molecular formula is C19H19BrF2N4O2S. The van der Waals surface area contributed by atoms with E-state index < -0.39 is 17.5 Å². The molecule has 0 aromatic carbocycles. The summed E-state index contributed by atoms with van der Waals surface area (Å²) in [5, 5.41) is 3.81. The first-order chi connectivity index (χ1) is 13.8. The Hall–Kier alpha value is -2.07. The predicted molar refractivity (Wildman–Crippen MR) is 112 cm³/mol. The first kappa shape index (κ1) is 20.2. The molecule has 1 fully saturated rings. The van der Waals surface area contributed by atoms with Gasteiger partial charge in [-0.1, -0.05) is 0 Å². The standard InChI is InChI=1S/C19H19BrF2N4O2S/c1-9(12-4-5-13(20)29-12)23-16-11-8-26(19(6-7-19)18(21)22)17(27)15(28-3)14(11)24-10(2)25-16/h4-5,8-9,18H,6-7H2,1-3H3,(H,23,24,25)/t9-/m1/s1. The molecule has 1 N–H and O–H groups in total. The SMILES string of the molecule is COc1c(=O)n(C2(C(F)F)CC2)cc2c(N[C@H](C)c3ccc(Br)s3)nc(C)nc12. The molecule has 1 aliphatic rings. The quantitative estimate of drug-likeness (QED) is 0.540. The number of nitrogens with zero attached hydrogens (tertiary/aromatic N) is 3. The summed E-state index contributed by atoms with van der Waals surface area (Å²) >= 11 is 5.04. The maximum absolute atomic E-state index is 13.7. The van der Waals surface area contributed by atoms with Crippen molar-refractivity contribution in [1.82, 2.24) is 14.5 Å². The van der Waals surface area contributed by atoms with Crippen LogP contribution >= 0.6 is 27.3 Å². The average molecular weight is 485 g/mol. The molecule has 0 spiro atoms. The van der Waals surface area contributed by atoms with Gasteiger partial charge in [-0.2, -0.15) is 0 Å². The van der Waals surface area contributed by atoms with Crippen molar-refractivity contribution in [3.8, 4) is 5.75 Å². The van der Waals surface area contributed by atoms with Gasteiger partial charge in [0, 0.05) is 11.1 Å². The van der Waals surface area contributed by atoms with E-state index in [2.05, 4.69) is 31.2 Å². The topological polar surface area (TPSA) is 69.0 Å². The number of ether oxygens (including phenoxy) is 1. The fraction of sp³-hybridized carbons (Fsp3) is 0.421. The van der Waals surface area contributed by atoms with Crippen LogP contribution in [0.25, 0.3) is 10.9 Å². The number of fused-ring (bicyclic) bond motifs is 1. The summed E-state index contributed by atoms with van der Waals surface area (Å²) < 4.78 is 34.9. The number of hydrogen-bond acceptors (Lipinski definition) is 6. The van der Waals surface area contributed by atoms with E-state index >= 15 is 0 Å². The minimum Gasteiger partial charge on any atom is -0.490 e. The Kier molecular flexibility index (Phi) is 5.10. The highest BCUT2D eigenvalue weighted by Crippen LogP contribution is 2.48. The van der Waals surface area contributed by atoms with Gasteiger partial charge in [0.15, 0.2) is 0 Å². The smallest absolute Gasteiger partial charge is 0.295 e. The monoisotopic (exact) mass is 484 g/mol. The number of halogens is 3. The average Bonchev–Trinajstić information content (AvgIpc) is 3.36. The summed E-state index contributed by atoms with van der Waals surface area (Å²) in [6.07, 6.45) is -0.714. The molecule has 29 heavy (non-hydrogen) atoms. The van der Waals surface area contributed by atoms with E-state index in [1.807, 2.05) is 19.1 Å². The molecule has 0 saturated heterocycles. The molecule has 3 heterocycles. The van der Waals surface area contributed by atoms with Crippen LogP contribution in [0.1, 0.15) is 36.5 Å². The van der Waals surface area contributed by atoms with Crippen LogP contribution in [-0.2, 0) is 5.54 Å². The van der Waals surface area contributed by atoms with Crippen LogP contribution in [0.3, 0.4) is 0 Å². The van der Waals surface area contributed by atoms with E-state index in [4.69, 9.17) is 4.74 Å². The number of pyridine rings is 1. The second kappa shape index (κ2) is 7.32. The van der Waals surface area contributed by atoms with E-state index in [0.29, 0.717) is 22.5 Å². The molecular weight excluding hydrogens is 466 g/mol. The Balaban J connectivity index is 1.90.